The minimum atomic E-state index is -4.16. The maximum Gasteiger partial charge on any atom is 0.415 e. The quantitative estimate of drug-likeness (QED) is 0.229. The van der Waals surface area contributed by atoms with Gasteiger partial charge in [0.15, 0.2) is 6.10 Å². The Hall–Kier alpha value is -2.98. The summed E-state index contributed by atoms with van der Waals surface area (Å²) in [4.78, 5) is 25.5. The lowest BCUT2D eigenvalue weighted by molar-refractivity contribution is -0.150. The summed E-state index contributed by atoms with van der Waals surface area (Å²) in [5.41, 5.74) is 0.775. The second-order valence-electron chi connectivity index (χ2n) is 8.57. The average Bonchev–Trinajstić information content (AvgIpc) is 2.86. The van der Waals surface area contributed by atoms with Gasteiger partial charge in [-0.05, 0) is 61.7 Å². The Morgan fingerprint density at radius 1 is 0.947 bits per heavy atom. The molecule has 0 aromatic heterocycles. The highest BCUT2D eigenvalue weighted by molar-refractivity contribution is 6.30. The SMILES string of the molecule is CCOC(Cc1ccc(OCCN(CCCCCCC(F)(F)F)C(=O)Oc2ccc(Cl)cc2)cc1)C(=O)O. The van der Waals surface area contributed by atoms with Crippen molar-refractivity contribution in [2.24, 2.45) is 0 Å². The summed E-state index contributed by atoms with van der Waals surface area (Å²) in [6, 6.07) is 13.2. The maximum atomic E-state index is 12.8. The first-order valence-electron chi connectivity index (χ1n) is 12.4. The van der Waals surface area contributed by atoms with Crippen LogP contribution in [0.4, 0.5) is 18.0 Å². The standard InChI is InChI=1S/C27H33ClF3NO6/c1-2-36-24(25(33)34)19-20-7-11-22(12-8-20)37-18-17-32(16-6-4-3-5-15-27(29,30)31)26(35)38-23-13-9-21(28)10-14-23/h7-14,24H,2-6,15-19H2,1H3,(H,33,34). The monoisotopic (exact) mass is 559 g/mol. The lowest BCUT2D eigenvalue weighted by Crippen LogP contribution is -2.37. The van der Waals surface area contributed by atoms with E-state index < -0.39 is 30.8 Å². The molecule has 0 spiro atoms. The number of halogens is 4. The van der Waals surface area contributed by atoms with Crippen molar-refractivity contribution in [2.45, 2.75) is 57.7 Å². The molecule has 7 nitrogen and oxygen atoms in total. The second kappa shape index (κ2) is 16.1. The van der Waals surface area contributed by atoms with Gasteiger partial charge in [0.2, 0.25) is 0 Å². The van der Waals surface area contributed by atoms with E-state index in [2.05, 4.69) is 0 Å². The van der Waals surface area contributed by atoms with Gasteiger partial charge in [0.1, 0.15) is 18.1 Å². The van der Waals surface area contributed by atoms with E-state index in [4.69, 9.17) is 25.8 Å². The number of hydrogen-bond acceptors (Lipinski definition) is 5. The molecular weight excluding hydrogens is 527 g/mol. The molecule has 0 saturated heterocycles. The predicted octanol–water partition coefficient (Wildman–Crippen LogP) is 6.76. The Balaban J connectivity index is 1.89. The Labute approximate surface area is 225 Å². The van der Waals surface area contributed by atoms with Gasteiger partial charge < -0.3 is 24.2 Å². The second-order valence-corrected chi connectivity index (χ2v) is 9.00. The number of ether oxygens (including phenoxy) is 3. The Morgan fingerprint density at radius 2 is 1.58 bits per heavy atom. The van der Waals surface area contributed by atoms with Crippen LogP contribution in [0.3, 0.4) is 0 Å². The first kappa shape index (κ1) is 31.2. The van der Waals surface area contributed by atoms with Crippen LogP contribution in [0.2, 0.25) is 5.02 Å². The number of benzene rings is 2. The Bertz CT molecular complexity index is 986. The van der Waals surface area contributed by atoms with Crippen LogP contribution >= 0.6 is 11.6 Å². The molecule has 0 bridgehead atoms. The molecule has 0 aliphatic heterocycles. The molecule has 2 aromatic carbocycles. The number of carboxylic acid groups (broad SMARTS) is 1. The summed E-state index contributed by atoms with van der Waals surface area (Å²) >= 11 is 5.87. The highest BCUT2D eigenvalue weighted by Gasteiger charge is 2.25. The van der Waals surface area contributed by atoms with Gasteiger partial charge in [-0.2, -0.15) is 13.2 Å². The van der Waals surface area contributed by atoms with Gasteiger partial charge in [0, 0.05) is 31.0 Å². The first-order valence-corrected chi connectivity index (χ1v) is 12.8. The Kier molecular flexibility index (Phi) is 13.2. The zero-order valence-corrected chi connectivity index (χ0v) is 22.0. The number of unbranched alkanes of at least 4 members (excludes halogenated alkanes) is 3. The first-order chi connectivity index (χ1) is 18.1. The minimum Gasteiger partial charge on any atom is -0.492 e. The molecule has 2 aromatic rings. The number of aliphatic carboxylic acids is 1. The summed E-state index contributed by atoms with van der Waals surface area (Å²) in [7, 11) is 0. The molecule has 1 N–H and O–H groups in total. The van der Waals surface area contributed by atoms with E-state index in [0.29, 0.717) is 48.9 Å². The third-order valence-electron chi connectivity index (χ3n) is 5.53. The largest absolute Gasteiger partial charge is 0.492 e. The van der Waals surface area contributed by atoms with E-state index in [1.165, 1.54) is 4.90 Å². The molecular formula is C27H33ClF3NO6. The van der Waals surface area contributed by atoms with E-state index >= 15 is 0 Å². The van der Waals surface area contributed by atoms with Gasteiger partial charge in [-0.1, -0.05) is 36.6 Å². The molecule has 2 rings (SSSR count). The van der Waals surface area contributed by atoms with E-state index in [9.17, 15) is 27.9 Å². The van der Waals surface area contributed by atoms with Gasteiger partial charge in [-0.3, -0.25) is 0 Å². The number of carbonyl (C=O) groups is 2. The number of nitrogens with zero attached hydrogens (tertiary/aromatic N) is 1. The van der Waals surface area contributed by atoms with Crippen LogP contribution in [-0.4, -0.2) is 60.7 Å². The molecule has 0 fully saturated rings. The topological polar surface area (TPSA) is 85.3 Å². The van der Waals surface area contributed by atoms with Gasteiger partial charge >= 0.3 is 18.2 Å². The number of carboxylic acids is 1. The van der Waals surface area contributed by atoms with Crippen molar-refractivity contribution in [2.75, 3.05) is 26.3 Å². The average molecular weight is 560 g/mol. The summed E-state index contributed by atoms with van der Waals surface area (Å²) in [6.45, 7) is 2.68. The van der Waals surface area contributed by atoms with Crippen LogP contribution < -0.4 is 9.47 Å². The number of rotatable bonds is 16. The fourth-order valence-corrected chi connectivity index (χ4v) is 3.70. The third kappa shape index (κ3) is 12.5. The lowest BCUT2D eigenvalue weighted by Gasteiger charge is -2.22. The Morgan fingerprint density at radius 3 is 2.18 bits per heavy atom. The minimum absolute atomic E-state index is 0.0512. The van der Waals surface area contributed by atoms with Crippen LogP contribution in [0.25, 0.3) is 0 Å². The molecule has 0 aliphatic carbocycles. The van der Waals surface area contributed by atoms with Crippen molar-refractivity contribution < 1.29 is 42.1 Å². The summed E-state index contributed by atoms with van der Waals surface area (Å²) < 4.78 is 53.4. The van der Waals surface area contributed by atoms with E-state index in [1.54, 1.807) is 55.5 Å². The fraction of sp³-hybridized carbons (Fsp3) is 0.481. The van der Waals surface area contributed by atoms with Gasteiger partial charge in [-0.25, -0.2) is 9.59 Å². The van der Waals surface area contributed by atoms with Crippen LogP contribution in [0.15, 0.2) is 48.5 Å². The highest BCUT2D eigenvalue weighted by atomic mass is 35.5. The van der Waals surface area contributed by atoms with Gasteiger partial charge in [-0.15, -0.1) is 0 Å². The molecule has 1 amide bonds. The third-order valence-corrected chi connectivity index (χ3v) is 5.78. The van der Waals surface area contributed by atoms with Crippen LogP contribution in [0.5, 0.6) is 11.5 Å². The molecule has 38 heavy (non-hydrogen) atoms. The smallest absolute Gasteiger partial charge is 0.415 e. The summed E-state index contributed by atoms with van der Waals surface area (Å²) in [5, 5.41) is 9.73. The zero-order valence-electron chi connectivity index (χ0n) is 21.2. The molecule has 0 heterocycles. The van der Waals surface area contributed by atoms with Crippen molar-refractivity contribution in [3.05, 3.63) is 59.1 Å². The predicted molar refractivity (Wildman–Crippen MR) is 137 cm³/mol. The molecule has 1 atom stereocenters. The highest BCUT2D eigenvalue weighted by Crippen LogP contribution is 2.23. The van der Waals surface area contributed by atoms with Crippen molar-refractivity contribution in [1.29, 1.82) is 0 Å². The van der Waals surface area contributed by atoms with E-state index in [-0.39, 0.29) is 26.0 Å². The summed E-state index contributed by atoms with van der Waals surface area (Å²) in [5.74, 6) is -0.175. The van der Waals surface area contributed by atoms with Crippen LogP contribution in [0.1, 0.15) is 44.6 Å². The number of alkyl halides is 3. The number of carbonyl (C=O) groups excluding carboxylic acids is 1. The molecule has 11 heteroatoms. The molecule has 0 aliphatic rings. The summed E-state index contributed by atoms with van der Waals surface area (Å²) in [6.07, 6.45) is -4.76. The van der Waals surface area contributed by atoms with Crippen LogP contribution in [0, 0.1) is 0 Å². The molecule has 0 radical (unpaired) electrons. The van der Waals surface area contributed by atoms with E-state index in [1.807, 2.05) is 0 Å². The number of amides is 1. The fourth-order valence-electron chi connectivity index (χ4n) is 3.57. The van der Waals surface area contributed by atoms with Crippen molar-refractivity contribution >= 4 is 23.7 Å². The maximum absolute atomic E-state index is 12.8. The van der Waals surface area contributed by atoms with Gasteiger partial charge in [0.05, 0.1) is 6.54 Å². The van der Waals surface area contributed by atoms with Crippen molar-refractivity contribution in [1.82, 2.24) is 4.90 Å². The van der Waals surface area contributed by atoms with E-state index in [0.717, 1.165) is 5.56 Å². The molecule has 210 valence electrons. The zero-order chi connectivity index (χ0) is 28.0. The molecule has 1 unspecified atom stereocenters. The molecule has 0 saturated carbocycles. The van der Waals surface area contributed by atoms with Crippen molar-refractivity contribution in [3.63, 3.8) is 0 Å². The number of hydrogen-bond donors (Lipinski definition) is 1. The lowest BCUT2D eigenvalue weighted by atomic mass is 10.1. The van der Waals surface area contributed by atoms with Crippen LogP contribution in [-0.2, 0) is 16.0 Å². The van der Waals surface area contributed by atoms with Gasteiger partial charge in [0.25, 0.3) is 0 Å². The normalized spacial score (nSPS) is 12.1. The van der Waals surface area contributed by atoms with Crippen molar-refractivity contribution in [3.8, 4) is 11.5 Å².